The van der Waals surface area contributed by atoms with Gasteiger partial charge in [-0.15, -0.1) is 0 Å². The van der Waals surface area contributed by atoms with Crippen LogP contribution in [0.25, 0.3) is 21.7 Å². The fourth-order valence-corrected chi connectivity index (χ4v) is 2.49. The van der Waals surface area contributed by atoms with Crippen molar-refractivity contribution < 1.29 is 0 Å². The Labute approximate surface area is 120 Å². The fraction of sp³-hybridized carbons (Fsp3) is 0. The quantitative estimate of drug-likeness (QED) is 0.490. The average molecular weight is 275 g/mol. The summed E-state index contributed by atoms with van der Waals surface area (Å²) in [5.41, 5.74) is 9.62. The van der Waals surface area contributed by atoms with Crippen molar-refractivity contribution in [2.24, 2.45) is 0 Å². The molecule has 0 atom stereocenters. The number of fused-ring (bicyclic) bond motifs is 2. The Morgan fingerprint density at radius 3 is 2.90 bits per heavy atom. The van der Waals surface area contributed by atoms with E-state index in [1.165, 1.54) is 0 Å². The molecule has 0 saturated heterocycles. The van der Waals surface area contributed by atoms with Crippen LogP contribution in [0.1, 0.15) is 0 Å². The summed E-state index contributed by atoms with van der Waals surface area (Å²) < 4.78 is 0. The molecule has 0 spiro atoms. The normalized spacial score (nSPS) is 11.0. The molecule has 0 radical (unpaired) electrons. The van der Waals surface area contributed by atoms with E-state index in [0.717, 1.165) is 33.1 Å². The maximum absolute atomic E-state index is 6.12. The highest BCUT2D eigenvalue weighted by atomic mass is 15.1. The molecule has 2 aromatic heterocycles. The van der Waals surface area contributed by atoms with Crippen molar-refractivity contribution in [3.05, 3.63) is 55.0 Å². The minimum absolute atomic E-state index is 0.690. The van der Waals surface area contributed by atoms with Gasteiger partial charge in [-0.05, 0) is 24.3 Å². The number of hydrogen-bond acceptors (Lipinski definition) is 4. The third kappa shape index (κ3) is 1.95. The van der Waals surface area contributed by atoms with Crippen molar-refractivity contribution in [2.45, 2.75) is 0 Å². The Balaban J connectivity index is 1.84. The number of H-pyrrole nitrogens is 1. The number of rotatable bonds is 2. The van der Waals surface area contributed by atoms with Gasteiger partial charge in [-0.3, -0.25) is 10.1 Å². The molecule has 0 aliphatic carbocycles. The second-order valence-corrected chi connectivity index (χ2v) is 4.92. The van der Waals surface area contributed by atoms with E-state index in [4.69, 9.17) is 5.73 Å². The maximum Gasteiger partial charge on any atom is 0.0672 e. The predicted octanol–water partition coefficient (Wildman–Crippen LogP) is 3.44. The van der Waals surface area contributed by atoms with Gasteiger partial charge < -0.3 is 11.1 Å². The summed E-state index contributed by atoms with van der Waals surface area (Å²) in [6, 6.07) is 11.9. The summed E-state index contributed by atoms with van der Waals surface area (Å²) in [4.78, 5) is 4.15. The van der Waals surface area contributed by atoms with E-state index in [9.17, 15) is 0 Å². The Morgan fingerprint density at radius 1 is 1.00 bits per heavy atom. The lowest BCUT2D eigenvalue weighted by Gasteiger charge is -2.12. The Hall–Kier alpha value is -3.08. The van der Waals surface area contributed by atoms with Crippen LogP contribution in [0.5, 0.6) is 0 Å². The average Bonchev–Trinajstić information content (AvgIpc) is 2.95. The van der Waals surface area contributed by atoms with Crippen molar-refractivity contribution in [3.63, 3.8) is 0 Å². The van der Waals surface area contributed by atoms with Crippen molar-refractivity contribution in [1.29, 1.82) is 0 Å². The van der Waals surface area contributed by atoms with Gasteiger partial charge in [-0.25, -0.2) is 0 Å². The summed E-state index contributed by atoms with van der Waals surface area (Å²) in [5.74, 6) is 0. The van der Waals surface area contributed by atoms with Crippen LogP contribution in [0, 0.1) is 0 Å². The number of anilines is 3. The van der Waals surface area contributed by atoms with Crippen molar-refractivity contribution in [1.82, 2.24) is 15.2 Å². The number of benzene rings is 2. The van der Waals surface area contributed by atoms with Gasteiger partial charge in [0, 0.05) is 34.2 Å². The number of nitrogens with one attached hydrogen (secondary N) is 2. The zero-order chi connectivity index (χ0) is 14.2. The van der Waals surface area contributed by atoms with Gasteiger partial charge >= 0.3 is 0 Å². The molecule has 2 heterocycles. The van der Waals surface area contributed by atoms with Crippen LogP contribution in [0.4, 0.5) is 17.1 Å². The van der Waals surface area contributed by atoms with Crippen LogP contribution >= 0.6 is 0 Å². The topological polar surface area (TPSA) is 79.6 Å². The number of nitrogens with zero attached hydrogens (tertiary/aromatic N) is 2. The van der Waals surface area contributed by atoms with E-state index in [2.05, 4.69) is 20.5 Å². The van der Waals surface area contributed by atoms with E-state index >= 15 is 0 Å². The smallest absolute Gasteiger partial charge is 0.0672 e. The van der Waals surface area contributed by atoms with Crippen LogP contribution in [-0.4, -0.2) is 15.2 Å². The molecule has 4 aromatic rings. The first-order chi connectivity index (χ1) is 10.3. The molecule has 4 N–H and O–H groups in total. The summed E-state index contributed by atoms with van der Waals surface area (Å²) in [5, 5.41) is 13.6. The molecule has 0 amide bonds. The van der Waals surface area contributed by atoms with Crippen LogP contribution in [0.2, 0.25) is 0 Å². The number of hydrogen-bond donors (Lipinski definition) is 3. The predicted molar refractivity (Wildman–Crippen MR) is 85.5 cm³/mol. The first-order valence-electron chi connectivity index (χ1n) is 6.63. The zero-order valence-electron chi connectivity index (χ0n) is 11.2. The van der Waals surface area contributed by atoms with Gasteiger partial charge in [0.25, 0.3) is 0 Å². The summed E-state index contributed by atoms with van der Waals surface area (Å²) in [7, 11) is 0. The van der Waals surface area contributed by atoms with Crippen molar-refractivity contribution in [3.8, 4) is 0 Å². The van der Waals surface area contributed by atoms with Gasteiger partial charge in [0.05, 0.1) is 23.1 Å². The molecule has 0 bridgehead atoms. The minimum Gasteiger partial charge on any atom is -0.397 e. The number of aromatic amines is 1. The lowest BCUT2D eigenvalue weighted by Crippen LogP contribution is -1.97. The molecule has 0 unspecified atom stereocenters. The highest BCUT2D eigenvalue weighted by Crippen LogP contribution is 2.30. The Bertz CT molecular complexity index is 936. The molecule has 5 nitrogen and oxygen atoms in total. The molecule has 4 rings (SSSR count). The SMILES string of the molecule is Nc1cc2cn[nH]c2cc1Nc1cccc2cnccc12. The van der Waals surface area contributed by atoms with Crippen LogP contribution in [-0.2, 0) is 0 Å². The van der Waals surface area contributed by atoms with Gasteiger partial charge in [0.2, 0.25) is 0 Å². The van der Waals surface area contributed by atoms with Crippen molar-refractivity contribution in [2.75, 3.05) is 11.1 Å². The second kappa shape index (κ2) is 4.49. The molecule has 21 heavy (non-hydrogen) atoms. The number of pyridine rings is 1. The molecule has 102 valence electrons. The third-order valence-electron chi connectivity index (χ3n) is 3.56. The Morgan fingerprint density at radius 2 is 1.95 bits per heavy atom. The van der Waals surface area contributed by atoms with E-state index in [0.29, 0.717) is 5.69 Å². The van der Waals surface area contributed by atoms with E-state index < -0.39 is 0 Å². The number of aromatic nitrogens is 3. The summed E-state index contributed by atoms with van der Waals surface area (Å²) in [6.45, 7) is 0. The van der Waals surface area contributed by atoms with Gasteiger partial charge in [0.1, 0.15) is 0 Å². The van der Waals surface area contributed by atoms with E-state index in [1.807, 2.05) is 42.6 Å². The number of nitrogen functional groups attached to an aromatic ring is 1. The van der Waals surface area contributed by atoms with Crippen LogP contribution < -0.4 is 11.1 Å². The first kappa shape index (κ1) is 11.7. The summed E-state index contributed by atoms with van der Waals surface area (Å²) in [6.07, 6.45) is 5.40. The van der Waals surface area contributed by atoms with Gasteiger partial charge in [-0.1, -0.05) is 12.1 Å². The standard InChI is InChI=1S/C16H13N5/c17-13-6-11-9-19-21-15(11)7-16(13)20-14-3-1-2-10-8-18-5-4-12(10)14/h1-9,20H,17H2,(H,19,21). The molecular weight excluding hydrogens is 262 g/mol. The van der Waals surface area contributed by atoms with E-state index in [-0.39, 0.29) is 0 Å². The summed E-state index contributed by atoms with van der Waals surface area (Å²) >= 11 is 0. The molecule has 2 aromatic carbocycles. The van der Waals surface area contributed by atoms with E-state index in [1.54, 1.807) is 12.4 Å². The second-order valence-electron chi connectivity index (χ2n) is 4.92. The minimum atomic E-state index is 0.690. The maximum atomic E-state index is 6.12. The molecule has 0 aliphatic rings. The lowest BCUT2D eigenvalue weighted by atomic mass is 10.1. The molecule has 0 saturated carbocycles. The van der Waals surface area contributed by atoms with Crippen LogP contribution in [0.3, 0.4) is 0 Å². The highest BCUT2D eigenvalue weighted by molar-refractivity contribution is 5.97. The zero-order valence-corrected chi connectivity index (χ0v) is 11.2. The van der Waals surface area contributed by atoms with Crippen LogP contribution in [0.15, 0.2) is 55.0 Å². The molecular formula is C16H13N5. The molecule has 0 fully saturated rings. The van der Waals surface area contributed by atoms with Gasteiger partial charge in [-0.2, -0.15) is 5.10 Å². The number of nitrogens with two attached hydrogens (primary N) is 1. The lowest BCUT2D eigenvalue weighted by molar-refractivity contribution is 1.12. The van der Waals surface area contributed by atoms with Gasteiger partial charge in [0.15, 0.2) is 0 Å². The monoisotopic (exact) mass is 275 g/mol. The van der Waals surface area contributed by atoms with Crippen molar-refractivity contribution >= 4 is 38.7 Å². The molecule has 0 aliphatic heterocycles. The first-order valence-corrected chi connectivity index (χ1v) is 6.63. The highest BCUT2D eigenvalue weighted by Gasteiger charge is 2.06. The fourth-order valence-electron chi connectivity index (χ4n) is 2.49. The molecule has 5 heteroatoms. The third-order valence-corrected chi connectivity index (χ3v) is 3.56. The Kier molecular flexibility index (Phi) is 2.50. The largest absolute Gasteiger partial charge is 0.397 e.